The second-order valence-corrected chi connectivity index (χ2v) is 4.20. The zero-order valence-electron chi connectivity index (χ0n) is 10.5. The molecule has 0 aliphatic carbocycles. The quantitative estimate of drug-likeness (QED) is 0.505. The van der Waals surface area contributed by atoms with E-state index in [2.05, 4.69) is 5.10 Å². The van der Waals surface area contributed by atoms with Crippen molar-refractivity contribution in [3.8, 4) is 0 Å². The fourth-order valence-corrected chi connectivity index (χ4v) is 1.19. The first-order chi connectivity index (χ1) is 8.33. The average molecular weight is 251 g/mol. The molecular formula is C12H15N2O4+. The number of hydrogen-bond donors (Lipinski definition) is 1. The van der Waals surface area contributed by atoms with Gasteiger partial charge in [-0.25, -0.2) is 10.0 Å². The molecule has 0 aromatic heterocycles. The van der Waals surface area contributed by atoms with Crippen LogP contribution in [-0.4, -0.2) is 27.5 Å². The van der Waals surface area contributed by atoms with Crippen molar-refractivity contribution in [1.29, 1.82) is 0 Å². The Kier molecular flexibility index (Phi) is 4.14. The van der Waals surface area contributed by atoms with Gasteiger partial charge in [-0.1, -0.05) is 18.2 Å². The van der Waals surface area contributed by atoms with Gasteiger partial charge in [0.05, 0.1) is 5.56 Å². The molecule has 0 bridgehead atoms. The minimum absolute atomic E-state index is 0.185. The van der Waals surface area contributed by atoms with E-state index in [1.165, 1.54) is 6.92 Å². The first-order valence-electron chi connectivity index (χ1n) is 5.33. The van der Waals surface area contributed by atoms with Gasteiger partial charge >= 0.3 is 11.0 Å². The highest BCUT2D eigenvalue weighted by Gasteiger charge is 2.30. The first kappa shape index (κ1) is 13.8. The number of hydrogen-bond acceptors (Lipinski definition) is 3. The Balaban J connectivity index is 2.84. The Morgan fingerprint density at radius 2 is 1.89 bits per heavy atom. The van der Waals surface area contributed by atoms with Gasteiger partial charge < -0.3 is 4.74 Å². The maximum Gasteiger partial charge on any atom is 0.387 e. The molecule has 1 N–H and O–H groups in total. The van der Waals surface area contributed by atoms with E-state index in [1.54, 1.807) is 44.2 Å². The first-order valence-corrected chi connectivity index (χ1v) is 5.33. The van der Waals surface area contributed by atoms with Crippen LogP contribution < -0.4 is 0 Å². The van der Waals surface area contributed by atoms with Crippen LogP contribution in [0.3, 0.4) is 0 Å². The molecule has 0 aliphatic heterocycles. The molecule has 1 aromatic rings. The zero-order chi connectivity index (χ0) is 13.8. The summed E-state index contributed by atoms with van der Waals surface area (Å²) in [4.78, 5) is 22.2. The molecule has 6 nitrogen and oxygen atoms in total. The maximum absolute atomic E-state index is 11.8. The summed E-state index contributed by atoms with van der Waals surface area (Å²) in [5.41, 5.74) is -0.496. The van der Waals surface area contributed by atoms with Gasteiger partial charge in [-0.2, -0.15) is 0 Å². The van der Waals surface area contributed by atoms with E-state index in [0.717, 1.165) is 0 Å². The van der Waals surface area contributed by atoms with Gasteiger partial charge in [-0.15, -0.1) is 0 Å². The molecule has 6 heteroatoms. The van der Waals surface area contributed by atoms with Gasteiger partial charge in [0.2, 0.25) is 0 Å². The Hall–Kier alpha value is -2.24. The highest BCUT2D eigenvalue weighted by atomic mass is 16.7. The van der Waals surface area contributed by atoms with Crippen molar-refractivity contribution < 1.29 is 19.8 Å². The van der Waals surface area contributed by atoms with E-state index in [1.807, 2.05) is 0 Å². The fraction of sp³-hybridized carbons (Fsp3) is 0.333. The molecule has 1 rings (SSSR count). The predicted molar refractivity (Wildman–Crippen MR) is 64.5 cm³/mol. The SMILES string of the molecule is C/C(=N/[N+](=O)O)C(C)(C)OC(=O)c1ccccc1. The Bertz CT molecular complexity index is 480. The monoisotopic (exact) mass is 251 g/mol. The molecule has 0 spiro atoms. The topological polar surface area (TPSA) is 79.0 Å². The van der Waals surface area contributed by atoms with E-state index < -0.39 is 16.6 Å². The third kappa shape index (κ3) is 3.65. The molecule has 0 saturated carbocycles. The van der Waals surface area contributed by atoms with Crippen molar-refractivity contribution in [3.05, 3.63) is 40.8 Å². The zero-order valence-corrected chi connectivity index (χ0v) is 10.5. The molecule has 0 unspecified atom stereocenters. The lowest BCUT2D eigenvalue weighted by Gasteiger charge is -2.22. The molecule has 1 aromatic carbocycles. The van der Waals surface area contributed by atoms with Gasteiger partial charge in [-0.3, -0.25) is 0 Å². The Morgan fingerprint density at radius 1 is 1.33 bits per heavy atom. The molecule has 96 valence electrons. The number of carbonyl (C=O) groups is 1. The Labute approximate surface area is 104 Å². The normalized spacial score (nSPS) is 12.1. The molecule has 0 atom stereocenters. The molecule has 0 radical (unpaired) electrons. The van der Waals surface area contributed by atoms with Crippen molar-refractivity contribution >= 4 is 11.7 Å². The van der Waals surface area contributed by atoms with Crippen molar-refractivity contribution in [2.45, 2.75) is 26.4 Å². The van der Waals surface area contributed by atoms with Crippen molar-refractivity contribution in [3.63, 3.8) is 0 Å². The molecule has 0 saturated heterocycles. The number of rotatable bonds is 4. The van der Waals surface area contributed by atoms with Crippen LogP contribution in [0.4, 0.5) is 0 Å². The summed E-state index contributed by atoms with van der Waals surface area (Å²) < 4.78 is 5.24. The molecule has 0 amide bonds. The molecular weight excluding hydrogens is 236 g/mol. The summed E-state index contributed by atoms with van der Waals surface area (Å²) in [6.45, 7) is 4.64. The third-order valence-electron chi connectivity index (χ3n) is 2.46. The van der Waals surface area contributed by atoms with Gasteiger partial charge in [-0.05, 0) is 32.9 Å². The summed E-state index contributed by atoms with van der Waals surface area (Å²) in [6, 6.07) is 8.47. The molecule has 0 fully saturated rings. The van der Waals surface area contributed by atoms with E-state index in [-0.39, 0.29) is 5.71 Å². The van der Waals surface area contributed by atoms with Crippen molar-refractivity contribution in [2.24, 2.45) is 5.10 Å². The lowest BCUT2D eigenvalue weighted by Crippen LogP contribution is -2.36. The predicted octanol–water partition coefficient (Wildman–Crippen LogP) is 2.17. The largest absolute Gasteiger partial charge is 0.450 e. The van der Waals surface area contributed by atoms with Crippen LogP contribution in [0.15, 0.2) is 35.4 Å². The standard InChI is InChI=1S/C12H15N2O4/c1-9(13-14(16)17)12(2,3)18-11(15)10-7-5-4-6-8-10/h4-8H,1-3H3,(H,16,17)/q+1/b13-9-. The number of ether oxygens (including phenoxy) is 1. The van der Waals surface area contributed by atoms with Crippen LogP contribution in [0.1, 0.15) is 31.1 Å². The second kappa shape index (κ2) is 5.39. The van der Waals surface area contributed by atoms with Crippen LogP contribution in [0.25, 0.3) is 0 Å². The second-order valence-electron chi connectivity index (χ2n) is 4.20. The number of benzene rings is 1. The fourth-order valence-electron chi connectivity index (χ4n) is 1.19. The average Bonchev–Trinajstić information content (AvgIpc) is 2.28. The Morgan fingerprint density at radius 3 is 2.39 bits per heavy atom. The molecule has 0 heterocycles. The third-order valence-corrected chi connectivity index (χ3v) is 2.46. The number of hydrazone groups is 1. The van der Waals surface area contributed by atoms with E-state index >= 15 is 0 Å². The van der Waals surface area contributed by atoms with E-state index in [0.29, 0.717) is 5.56 Å². The lowest BCUT2D eigenvalue weighted by molar-refractivity contribution is -0.796. The van der Waals surface area contributed by atoms with Gasteiger partial charge in [0.25, 0.3) is 0 Å². The minimum atomic E-state index is -1.09. The smallest absolute Gasteiger partial charge is 0.387 e. The summed E-state index contributed by atoms with van der Waals surface area (Å²) in [5, 5.41) is 11.2. The van der Waals surface area contributed by atoms with E-state index in [4.69, 9.17) is 9.94 Å². The van der Waals surface area contributed by atoms with Crippen LogP contribution in [0, 0.1) is 4.91 Å². The summed E-state index contributed by atoms with van der Waals surface area (Å²) in [7, 11) is 0. The van der Waals surface area contributed by atoms with Crippen molar-refractivity contribution in [1.82, 2.24) is 0 Å². The van der Waals surface area contributed by atoms with Crippen LogP contribution in [-0.2, 0) is 4.74 Å². The number of nitrogens with zero attached hydrogens (tertiary/aromatic N) is 2. The van der Waals surface area contributed by atoms with Crippen LogP contribution >= 0.6 is 0 Å². The van der Waals surface area contributed by atoms with Crippen LogP contribution in [0.2, 0.25) is 0 Å². The maximum atomic E-state index is 11.8. The van der Waals surface area contributed by atoms with Crippen molar-refractivity contribution in [2.75, 3.05) is 0 Å². The minimum Gasteiger partial charge on any atom is -0.450 e. The number of esters is 1. The molecule has 0 aliphatic rings. The van der Waals surface area contributed by atoms with Crippen LogP contribution in [0.5, 0.6) is 0 Å². The van der Waals surface area contributed by atoms with Gasteiger partial charge in [0.15, 0.2) is 5.60 Å². The number of carbonyl (C=O) groups excluding carboxylic acids is 1. The lowest BCUT2D eigenvalue weighted by atomic mass is 10.0. The summed E-state index contributed by atoms with van der Waals surface area (Å²) in [5.74, 6) is -0.523. The molecule has 18 heavy (non-hydrogen) atoms. The summed E-state index contributed by atoms with van der Waals surface area (Å²) >= 11 is 0. The highest BCUT2D eigenvalue weighted by molar-refractivity contribution is 5.95. The van der Waals surface area contributed by atoms with E-state index in [9.17, 15) is 9.70 Å². The van der Waals surface area contributed by atoms with Gasteiger partial charge in [0, 0.05) is 0 Å². The highest BCUT2D eigenvalue weighted by Crippen LogP contribution is 2.15. The summed E-state index contributed by atoms with van der Waals surface area (Å²) in [6.07, 6.45) is 0. The van der Waals surface area contributed by atoms with Gasteiger partial charge in [0.1, 0.15) is 15.7 Å².